The molecule has 0 saturated carbocycles. The van der Waals surface area contributed by atoms with Crippen molar-refractivity contribution in [1.29, 1.82) is 0 Å². The van der Waals surface area contributed by atoms with Crippen molar-refractivity contribution in [1.82, 2.24) is 9.29 Å². The zero-order valence-corrected chi connectivity index (χ0v) is 19.7. The zero-order chi connectivity index (χ0) is 22.2. The molecule has 0 radical (unpaired) electrons. The Morgan fingerprint density at radius 3 is 2.45 bits per heavy atom. The number of piperidine rings is 1. The van der Waals surface area contributed by atoms with Gasteiger partial charge in [-0.15, -0.1) is 0 Å². The van der Waals surface area contributed by atoms with Gasteiger partial charge in [-0.3, -0.25) is 9.69 Å². The Hall–Kier alpha value is -2.29. The van der Waals surface area contributed by atoms with E-state index < -0.39 is 10.0 Å². The molecular formula is C23H27N3O3S2. The monoisotopic (exact) mass is 457 g/mol. The molecule has 0 bridgehead atoms. The lowest BCUT2D eigenvalue weighted by Crippen LogP contribution is -2.44. The van der Waals surface area contributed by atoms with Crippen LogP contribution in [0, 0.1) is 19.8 Å². The summed E-state index contributed by atoms with van der Waals surface area (Å²) < 4.78 is 26.2. The Labute approximate surface area is 187 Å². The molecule has 2 heterocycles. The largest absolute Gasteiger partial charge is 0.283 e. The van der Waals surface area contributed by atoms with E-state index in [-0.39, 0.29) is 11.8 Å². The first-order valence-electron chi connectivity index (χ1n) is 10.4. The smallest absolute Gasteiger partial charge is 0.232 e. The molecule has 0 aliphatic carbocycles. The number of nitrogens with zero attached hydrogens (tertiary/aromatic N) is 3. The molecule has 1 fully saturated rings. The van der Waals surface area contributed by atoms with Gasteiger partial charge < -0.3 is 0 Å². The fraction of sp³-hybridized carbons (Fsp3) is 0.391. The Balaban J connectivity index is 1.65. The van der Waals surface area contributed by atoms with Crippen molar-refractivity contribution < 1.29 is 13.2 Å². The summed E-state index contributed by atoms with van der Waals surface area (Å²) in [7, 11) is -3.22. The number of hydrogen-bond donors (Lipinski definition) is 0. The molecule has 3 aromatic rings. The maximum Gasteiger partial charge on any atom is 0.232 e. The third kappa shape index (κ3) is 4.66. The van der Waals surface area contributed by atoms with Gasteiger partial charge in [0.1, 0.15) is 0 Å². The minimum absolute atomic E-state index is 0.0189. The molecule has 0 N–H and O–H groups in total. The molecule has 1 aliphatic rings. The van der Waals surface area contributed by atoms with E-state index in [2.05, 4.69) is 26.0 Å². The first-order chi connectivity index (χ1) is 14.7. The van der Waals surface area contributed by atoms with Crippen molar-refractivity contribution in [3.8, 4) is 0 Å². The van der Waals surface area contributed by atoms with Gasteiger partial charge in [-0.2, -0.15) is 0 Å². The van der Waals surface area contributed by atoms with E-state index in [9.17, 15) is 13.2 Å². The van der Waals surface area contributed by atoms with Crippen molar-refractivity contribution in [2.45, 2.75) is 33.2 Å². The number of carbonyl (C=O) groups excluding carboxylic acids is 1. The van der Waals surface area contributed by atoms with Gasteiger partial charge in [-0.05, 0) is 49.4 Å². The molecule has 31 heavy (non-hydrogen) atoms. The first kappa shape index (κ1) is 21.9. The normalized spacial score (nSPS) is 16.0. The molecule has 0 atom stereocenters. The number of thiazole rings is 1. The third-order valence-corrected chi connectivity index (χ3v) is 8.37. The third-order valence-electron chi connectivity index (χ3n) is 6.03. The molecule has 6 nitrogen and oxygen atoms in total. The maximum absolute atomic E-state index is 13.6. The zero-order valence-electron chi connectivity index (χ0n) is 18.0. The predicted molar refractivity (Wildman–Crippen MR) is 126 cm³/mol. The molecule has 164 valence electrons. The number of anilines is 1. The predicted octanol–water partition coefficient (Wildman–Crippen LogP) is 4.12. The lowest BCUT2D eigenvalue weighted by atomic mass is 9.96. The van der Waals surface area contributed by atoms with Crippen LogP contribution in [0.2, 0.25) is 0 Å². The molecule has 0 spiro atoms. The fourth-order valence-electron chi connectivity index (χ4n) is 3.99. The highest BCUT2D eigenvalue weighted by molar-refractivity contribution is 7.88. The van der Waals surface area contributed by atoms with Crippen LogP contribution in [0.1, 0.15) is 29.5 Å². The van der Waals surface area contributed by atoms with E-state index in [0.29, 0.717) is 37.6 Å². The van der Waals surface area contributed by atoms with Crippen LogP contribution in [0.15, 0.2) is 42.5 Å². The number of fused-ring (bicyclic) bond motifs is 1. The first-order valence-corrected chi connectivity index (χ1v) is 13.1. The van der Waals surface area contributed by atoms with Gasteiger partial charge in [0, 0.05) is 19.0 Å². The van der Waals surface area contributed by atoms with Gasteiger partial charge in [0.2, 0.25) is 15.9 Å². The number of benzene rings is 2. The highest BCUT2D eigenvalue weighted by atomic mass is 32.2. The number of carbonyl (C=O) groups is 1. The Morgan fingerprint density at radius 1 is 1.13 bits per heavy atom. The topological polar surface area (TPSA) is 70.6 Å². The molecule has 1 aliphatic heterocycles. The van der Waals surface area contributed by atoms with Crippen molar-refractivity contribution in [3.63, 3.8) is 0 Å². The van der Waals surface area contributed by atoms with E-state index in [0.717, 1.165) is 21.3 Å². The Morgan fingerprint density at radius 2 is 1.81 bits per heavy atom. The van der Waals surface area contributed by atoms with Gasteiger partial charge in [0.25, 0.3) is 0 Å². The molecule has 1 aromatic heterocycles. The lowest BCUT2D eigenvalue weighted by molar-refractivity contribution is -0.123. The van der Waals surface area contributed by atoms with Crippen LogP contribution in [-0.4, -0.2) is 43.0 Å². The van der Waals surface area contributed by atoms with Crippen LogP contribution in [0.3, 0.4) is 0 Å². The summed E-state index contributed by atoms with van der Waals surface area (Å²) in [6.45, 7) is 5.34. The number of hydrogen-bond acceptors (Lipinski definition) is 5. The summed E-state index contributed by atoms with van der Waals surface area (Å²) in [5.41, 5.74) is 4.29. The molecule has 8 heteroatoms. The molecule has 4 rings (SSSR count). The maximum atomic E-state index is 13.6. The van der Waals surface area contributed by atoms with E-state index in [1.165, 1.54) is 27.5 Å². The standard InChI is InChI=1S/C23H27N3O3S2/c1-16-9-10-20-21(17(16)2)24-23(30-20)26(15-18-7-5-4-6-8-18)22(27)19-11-13-25(14-12-19)31(3,28)29/h4-10,19H,11-15H2,1-3H3. The van der Waals surface area contributed by atoms with Gasteiger partial charge in [-0.1, -0.05) is 47.7 Å². The van der Waals surface area contributed by atoms with Crippen LogP contribution in [0.4, 0.5) is 5.13 Å². The average Bonchev–Trinajstić information content (AvgIpc) is 3.19. The summed E-state index contributed by atoms with van der Waals surface area (Å²) in [5, 5.41) is 0.697. The van der Waals surface area contributed by atoms with E-state index >= 15 is 0 Å². The molecule has 1 amide bonds. The van der Waals surface area contributed by atoms with Crippen molar-refractivity contribution in [3.05, 3.63) is 59.2 Å². The molecule has 2 aromatic carbocycles. The van der Waals surface area contributed by atoms with Crippen LogP contribution < -0.4 is 4.90 Å². The minimum atomic E-state index is -3.22. The van der Waals surface area contributed by atoms with Crippen LogP contribution in [0.25, 0.3) is 10.2 Å². The second-order valence-electron chi connectivity index (χ2n) is 8.20. The van der Waals surface area contributed by atoms with Crippen molar-refractivity contribution >= 4 is 42.6 Å². The number of sulfonamides is 1. The Kier molecular flexibility index (Phi) is 6.14. The number of aryl methyl sites for hydroxylation is 2. The van der Waals surface area contributed by atoms with Gasteiger partial charge in [0.15, 0.2) is 5.13 Å². The average molecular weight is 458 g/mol. The second-order valence-corrected chi connectivity index (χ2v) is 11.2. The van der Waals surface area contributed by atoms with Crippen molar-refractivity contribution in [2.75, 3.05) is 24.2 Å². The van der Waals surface area contributed by atoms with E-state index in [4.69, 9.17) is 4.98 Å². The summed E-state index contributed by atoms with van der Waals surface area (Å²) in [6, 6.07) is 14.1. The Bertz CT molecular complexity index is 1200. The lowest BCUT2D eigenvalue weighted by Gasteiger charge is -2.32. The van der Waals surface area contributed by atoms with E-state index in [1.54, 1.807) is 4.90 Å². The van der Waals surface area contributed by atoms with Crippen LogP contribution in [0.5, 0.6) is 0 Å². The number of amides is 1. The second kappa shape index (κ2) is 8.68. The number of rotatable bonds is 5. The van der Waals surface area contributed by atoms with Crippen LogP contribution >= 0.6 is 11.3 Å². The van der Waals surface area contributed by atoms with Gasteiger partial charge in [-0.25, -0.2) is 17.7 Å². The minimum Gasteiger partial charge on any atom is -0.283 e. The van der Waals surface area contributed by atoms with Gasteiger partial charge in [0.05, 0.1) is 23.0 Å². The fourth-order valence-corrected chi connectivity index (χ4v) is 5.89. The quantitative estimate of drug-likeness (QED) is 0.578. The molecular weight excluding hydrogens is 430 g/mol. The SMILES string of the molecule is Cc1ccc2sc(N(Cc3ccccc3)C(=O)C3CCN(S(C)(=O)=O)CC3)nc2c1C. The van der Waals surface area contributed by atoms with Crippen LogP contribution in [-0.2, 0) is 21.4 Å². The van der Waals surface area contributed by atoms with E-state index in [1.807, 2.05) is 30.3 Å². The molecule has 0 unspecified atom stereocenters. The summed E-state index contributed by atoms with van der Waals surface area (Å²) in [5.74, 6) is -0.193. The summed E-state index contributed by atoms with van der Waals surface area (Å²) in [4.78, 5) is 20.3. The molecule has 1 saturated heterocycles. The summed E-state index contributed by atoms with van der Waals surface area (Å²) >= 11 is 1.53. The van der Waals surface area contributed by atoms with Crippen molar-refractivity contribution in [2.24, 2.45) is 5.92 Å². The van der Waals surface area contributed by atoms with Gasteiger partial charge >= 0.3 is 0 Å². The summed E-state index contributed by atoms with van der Waals surface area (Å²) in [6.07, 6.45) is 2.28. The number of aromatic nitrogens is 1. The highest BCUT2D eigenvalue weighted by Gasteiger charge is 2.33. The highest BCUT2D eigenvalue weighted by Crippen LogP contribution is 2.34.